The van der Waals surface area contributed by atoms with Gasteiger partial charge in [-0.05, 0) is 36.8 Å². The average molecular weight is 421 g/mol. The lowest BCUT2D eigenvalue weighted by molar-refractivity contribution is 0.0609. The minimum Gasteiger partial charge on any atom is -0.318 e. The summed E-state index contributed by atoms with van der Waals surface area (Å²) >= 11 is 0. The first-order valence-corrected chi connectivity index (χ1v) is 11.5. The molecule has 0 radical (unpaired) electrons. The molecule has 0 bridgehead atoms. The van der Waals surface area contributed by atoms with E-state index in [0.29, 0.717) is 6.42 Å². The molecule has 166 valence electrons. The summed E-state index contributed by atoms with van der Waals surface area (Å²) in [7, 11) is 0. The molecule has 0 aliphatic carbocycles. The van der Waals surface area contributed by atoms with E-state index in [-0.39, 0.29) is 12.1 Å². The van der Waals surface area contributed by atoms with Crippen LogP contribution in [0.5, 0.6) is 0 Å². The van der Waals surface area contributed by atoms with E-state index >= 15 is 4.39 Å². The summed E-state index contributed by atoms with van der Waals surface area (Å²) in [5.74, 6) is -0.245. The maximum atomic E-state index is 16.4. The second kappa shape index (κ2) is 10.5. The van der Waals surface area contributed by atoms with Gasteiger partial charge in [-0.25, -0.2) is 4.39 Å². The van der Waals surface area contributed by atoms with Gasteiger partial charge in [0.2, 0.25) is 0 Å². The van der Waals surface area contributed by atoms with Crippen LogP contribution in [0.2, 0.25) is 0 Å². The smallest absolute Gasteiger partial charge is 0.144 e. The fourth-order valence-corrected chi connectivity index (χ4v) is 4.68. The van der Waals surface area contributed by atoms with Crippen molar-refractivity contribution in [1.29, 1.82) is 0 Å². The first-order valence-electron chi connectivity index (χ1n) is 11.5. The summed E-state index contributed by atoms with van der Waals surface area (Å²) in [6, 6.07) is 18.0. The molecule has 0 saturated carbocycles. The van der Waals surface area contributed by atoms with Gasteiger partial charge in [-0.15, -0.1) is 0 Å². The Labute approximate surface area is 188 Å². The number of halogens is 1. The van der Waals surface area contributed by atoms with Gasteiger partial charge in [-0.1, -0.05) is 91.1 Å². The molecule has 2 aromatic carbocycles. The highest BCUT2D eigenvalue weighted by atomic mass is 19.1. The van der Waals surface area contributed by atoms with E-state index in [0.717, 1.165) is 28.3 Å². The summed E-state index contributed by atoms with van der Waals surface area (Å²) in [6.45, 7) is 20.0. The molecular formula is C28H37FN2. The van der Waals surface area contributed by atoms with Crippen LogP contribution < -0.4 is 9.80 Å². The Kier molecular flexibility index (Phi) is 8.27. The minimum absolute atomic E-state index is 0.173. The molecule has 2 aliphatic heterocycles. The van der Waals surface area contributed by atoms with E-state index in [9.17, 15) is 0 Å². The van der Waals surface area contributed by atoms with E-state index in [2.05, 4.69) is 35.1 Å². The molecule has 2 aliphatic rings. The van der Waals surface area contributed by atoms with Crippen LogP contribution in [-0.2, 0) is 5.67 Å². The molecule has 0 N–H and O–H groups in total. The summed E-state index contributed by atoms with van der Waals surface area (Å²) < 4.78 is 16.4. The fraction of sp³-hybridized carbons (Fsp3) is 0.357. The third-order valence-corrected chi connectivity index (χ3v) is 6.03. The van der Waals surface area contributed by atoms with Gasteiger partial charge < -0.3 is 9.80 Å². The molecule has 3 heteroatoms. The van der Waals surface area contributed by atoms with Gasteiger partial charge in [0.15, 0.2) is 0 Å². The Balaban J connectivity index is 0.000000807. The normalized spacial score (nSPS) is 23.6. The first kappa shape index (κ1) is 24.5. The van der Waals surface area contributed by atoms with E-state index < -0.39 is 5.67 Å². The molecule has 4 rings (SSSR count). The lowest BCUT2D eigenvalue weighted by Crippen LogP contribution is -2.55. The summed E-state index contributed by atoms with van der Waals surface area (Å²) in [5.41, 5.74) is 3.24. The van der Waals surface area contributed by atoms with Crippen molar-refractivity contribution in [3.63, 3.8) is 0 Å². The zero-order valence-corrected chi connectivity index (χ0v) is 19.9. The zero-order chi connectivity index (χ0) is 23.2. The number of hydrogen-bond acceptors (Lipinski definition) is 2. The number of nitrogens with zero attached hydrogens (tertiary/aromatic N) is 2. The Morgan fingerprint density at radius 1 is 0.871 bits per heavy atom. The molecule has 2 aromatic rings. The fourth-order valence-electron chi connectivity index (χ4n) is 4.68. The molecule has 0 amide bonds. The summed E-state index contributed by atoms with van der Waals surface area (Å²) in [6.07, 6.45) is 3.97. The number of benzene rings is 2. The third kappa shape index (κ3) is 3.82. The predicted octanol–water partition coefficient (Wildman–Crippen LogP) is 8.20. The number of rotatable bonds is 4. The van der Waals surface area contributed by atoms with Crippen molar-refractivity contribution in [3.8, 4) is 0 Å². The minimum atomic E-state index is -1.40. The molecule has 3 atom stereocenters. The molecule has 2 nitrogen and oxygen atoms in total. The van der Waals surface area contributed by atoms with Gasteiger partial charge in [0.25, 0.3) is 0 Å². The Morgan fingerprint density at radius 3 is 1.94 bits per heavy atom. The van der Waals surface area contributed by atoms with Crippen LogP contribution in [0.1, 0.15) is 53.5 Å². The highest BCUT2D eigenvalue weighted by molar-refractivity contribution is 5.75. The Hall–Kier alpha value is -2.81. The highest BCUT2D eigenvalue weighted by Gasteiger charge is 2.54. The first-order chi connectivity index (χ1) is 15.1. The largest absolute Gasteiger partial charge is 0.318 e. The number of para-hydroxylation sites is 2. The van der Waals surface area contributed by atoms with Crippen molar-refractivity contribution in [2.45, 2.75) is 59.8 Å². The SMILES string of the molecule is C=CC1=C(C=C)N2c3ccccc3C(F)(CC)C(C)C2N1c1ccccc1.CC.CC. The van der Waals surface area contributed by atoms with Crippen molar-refractivity contribution in [2.75, 3.05) is 9.80 Å². The maximum Gasteiger partial charge on any atom is 0.144 e. The van der Waals surface area contributed by atoms with Gasteiger partial charge in [0.05, 0.1) is 11.4 Å². The van der Waals surface area contributed by atoms with Crippen molar-refractivity contribution < 1.29 is 4.39 Å². The molecule has 31 heavy (non-hydrogen) atoms. The van der Waals surface area contributed by atoms with Crippen LogP contribution >= 0.6 is 0 Å². The predicted molar refractivity (Wildman–Crippen MR) is 134 cm³/mol. The van der Waals surface area contributed by atoms with Crippen molar-refractivity contribution in [3.05, 3.63) is 96.9 Å². The van der Waals surface area contributed by atoms with E-state index in [1.807, 2.05) is 96.2 Å². The molecule has 3 unspecified atom stereocenters. The average Bonchev–Trinajstić information content (AvgIpc) is 3.20. The van der Waals surface area contributed by atoms with Crippen LogP contribution in [0, 0.1) is 5.92 Å². The second-order valence-corrected chi connectivity index (χ2v) is 7.19. The van der Waals surface area contributed by atoms with Gasteiger partial charge in [-0.3, -0.25) is 0 Å². The van der Waals surface area contributed by atoms with Gasteiger partial charge in [0, 0.05) is 22.9 Å². The van der Waals surface area contributed by atoms with Gasteiger partial charge in [0.1, 0.15) is 11.8 Å². The lowest BCUT2D eigenvalue weighted by atomic mass is 9.75. The zero-order valence-electron chi connectivity index (χ0n) is 19.9. The van der Waals surface area contributed by atoms with Crippen LogP contribution in [0.3, 0.4) is 0 Å². The van der Waals surface area contributed by atoms with Crippen LogP contribution in [-0.4, -0.2) is 6.17 Å². The molecule has 0 aromatic heterocycles. The lowest BCUT2D eigenvalue weighted by Gasteiger charge is -2.49. The van der Waals surface area contributed by atoms with E-state index in [1.165, 1.54) is 0 Å². The van der Waals surface area contributed by atoms with Crippen molar-refractivity contribution in [2.24, 2.45) is 5.92 Å². The number of allylic oxidation sites excluding steroid dienone is 2. The summed E-state index contributed by atoms with van der Waals surface area (Å²) in [4.78, 5) is 4.43. The summed E-state index contributed by atoms with van der Waals surface area (Å²) in [5, 5.41) is 0. The Morgan fingerprint density at radius 2 is 1.39 bits per heavy atom. The van der Waals surface area contributed by atoms with Crippen LogP contribution in [0.15, 0.2) is 91.3 Å². The number of hydrogen-bond donors (Lipinski definition) is 0. The van der Waals surface area contributed by atoms with Gasteiger partial charge in [-0.2, -0.15) is 0 Å². The van der Waals surface area contributed by atoms with Crippen molar-refractivity contribution in [1.82, 2.24) is 0 Å². The second-order valence-electron chi connectivity index (χ2n) is 7.19. The molecule has 0 saturated heterocycles. The number of anilines is 2. The highest BCUT2D eigenvalue weighted by Crippen LogP contribution is 2.55. The Bertz CT molecular complexity index is 918. The van der Waals surface area contributed by atoms with E-state index in [4.69, 9.17) is 0 Å². The van der Waals surface area contributed by atoms with Crippen LogP contribution in [0.4, 0.5) is 15.8 Å². The molecule has 0 spiro atoms. The van der Waals surface area contributed by atoms with Gasteiger partial charge >= 0.3 is 0 Å². The molecular weight excluding hydrogens is 383 g/mol. The number of alkyl halides is 1. The molecule has 2 heterocycles. The monoisotopic (exact) mass is 420 g/mol. The standard InChI is InChI=1S/C24H25FN2.2C2H6/c1-5-20-21(6-2)27-22-16-12-11-15-19(22)24(25,7-3)17(4)23(27)26(20)18-13-9-8-10-14-18;2*1-2/h5-6,8-17,23H,1-2,7H2,3-4H3;2*1-2H3. The van der Waals surface area contributed by atoms with E-state index in [1.54, 1.807) is 0 Å². The number of fused-ring (bicyclic) bond motifs is 3. The third-order valence-electron chi connectivity index (χ3n) is 6.03. The van der Waals surface area contributed by atoms with Crippen molar-refractivity contribution >= 4 is 11.4 Å². The maximum absolute atomic E-state index is 16.4. The quantitative estimate of drug-likeness (QED) is 0.492. The molecule has 0 fully saturated rings. The van der Waals surface area contributed by atoms with Crippen LogP contribution in [0.25, 0.3) is 0 Å². The topological polar surface area (TPSA) is 6.48 Å².